The molecule has 1 aliphatic carbocycles. The monoisotopic (exact) mass is 262 g/mol. The van der Waals surface area contributed by atoms with Crippen molar-refractivity contribution in [2.75, 3.05) is 17.7 Å². The summed E-state index contributed by atoms with van der Waals surface area (Å²) in [6.45, 7) is 0. The van der Waals surface area contributed by atoms with Gasteiger partial charge in [0.1, 0.15) is 5.52 Å². The predicted octanol–water partition coefficient (Wildman–Crippen LogP) is 0.675. The first-order chi connectivity index (χ1) is 9.16. The maximum absolute atomic E-state index is 10.2. The molecule has 7 nitrogen and oxygen atoms in total. The summed E-state index contributed by atoms with van der Waals surface area (Å²) in [7, 11) is 1.93. The van der Waals surface area contributed by atoms with E-state index in [4.69, 9.17) is 5.73 Å². The molecule has 1 saturated carbocycles. The number of anilines is 2. The van der Waals surface area contributed by atoms with Crippen LogP contribution in [0.3, 0.4) is 0 Å². The number of nitrogens with zero attached hydrogens (tertiary/aromatic N) is 4. The van der Waals surface area contributed by atoms with Crippen molar-refractivity contribution in [2.45, 2.75) is 37.8 Å². The first-order valence-corrected chi connectivity index (χ1v) is 6.54. The van der Waals surface area contributed by atoms with Crippen LogP contribution >= 0.6 is 0 Å². The standard InChI is InChI=1S/C12H18N6O/c1-18(7-4-2-3-5-8(7)19)11-9-10(15-6-14-9)16-12(13)17-11/h6-8,19H,2-5H2,1H3,(H3,13,14,15,16,17). The lowest BCUT2D eigenvalue weighted by Gasteiger charge is -2.35. The van der Waals surface area contributed by atoms with Gasteiger partial charge in [0.05, 0.1) is 18.5 Å². The van der Waals surface area contributed by atoms with Crippen LogP contribution in [0.1, 0.15) is 25.7 Å². The van der Waals surface area contributed by atoms with E-state index in [2.05, 4.69) is 19.9 Å². The number of nitrogens with one attached hydrogen (secondary N) is 1. The zero-order chi connectivity index (χ0) is 13.4. The summed E-state index contributed by atoms with van der Waals surface area (Å²) in [5, 5.41) is 10.2. The topological polar surface area (TPSA) is 104 Å². The normalized spacial score (nSPS) is 23.7. The molecule has 3 rings (SSSR count). The van der Waals surface area contributed by atoms with Gasteiger partial charge in [0.15, 0.2) is 11.5 Å². The maximum atomic E-state index is 10.2. The molecule has 2 aromatic heterocycles. The van der Waals surface area contributed by atoms with Crippen molar-refractivity contribution in [3.05, 3.63) is 6.33 Å². The largest absolute Gasteiger partial charge is 0.391 e. The summed E-state index contributed by atoms with van der Waals surface area (Å²) >= 11 is 0. The molecular weight excluding hydrogens is 244 g/mol. The second kappa shape index (κ2) is 4.65. The van der Waals surface area contributed by atoms with Gasteiger partial charge in [-0.15, -0.1) is 0 Å². The Bertz CT molecular complexity index is 583. The lowest BCUT2D eigenvalue weighted by molar-refractivity contribution is 0.106. The van der Waals surface area contributed by atoms with Crippen LogP contribution in [0.5, 0.6) is 0 Å². The van der Waals surface area contributed by atoms with Gasteiger partial charge in [0, 0.05) is 7.05 Å². The number of H-pyrrole nitrogens is 1. The highest BCUT2D eigenvalue weighted by Gasteiger charge is 2.29. The minimum Gasteiger partial charge on any atom is -0.391 e. The number of aliphatic hydroxyl groups is 1. The van der Waals surface area contributed by atoms with E-state index in [1.54, 1.807) is 6.33 Å². The lowest BCUT2D eigenvalue weighted by Crippen LogP contribution is -2.44. The van der Waals surface area contributed by atoms with Crippen molar-refractivity contribution in [3.8, 4) is 0 Å². The van der Waals surface area contributed by atoms with E-state index in [0.29, 0.717) is 11.5 Å². The van der Waals surface area contributed by atoms with Crippen molar-refractivity contribution in [2.24, 2.45) is 0 Å². The number of nitrogen functional groups attached to an aromatic ring is 1. The zero-order valence-corrected chi connectivity index (χ0v) is 10.9. The van der Waals surface area contributed by atoms with Gasteiger partial charge < -0.3 is 20.7 Å². The van der Waals surface area contributed by atoms with Crippen LogP contribution in [-0.2, 0) is 0 Å². The number of hydrogen-bond acceptors (Lipinski definition) is 6. The van der Waals surface area contributed by atoms with E-state index in [0.717, 1.165) is 31.2 Å². The first-order valence-electron chi connectivity index (χ1n) is 6.54. The van der Waals surface area contributed by atoms with Crippen LogP contribution in [-0.4, -0.2) is 44.2 Å². The molecule has 0 aliphatic heterocycles. The number of likely N-dealkylation sites (N-methyl/N-ethyl adjacent to an activating group) is 1. The maximum Gasteiger partial charge on any atom is 0.224 e. The number of rotatable bonds is 2. The molecule has 19 heavy (non-hydrogen) atoms. The number of aromatic nitrogens is 4. The van der Waals surface area contributed by atoms with Gasteiger partial charge in [-0.3, -0.25) is 0 Å². The van der Waals surface area contributed by atoms with E-state index in [-0.39, 0.29) is 18.1 Å². The number of hydrogen-bond donors (Lipinski definition) is 3. The Hall–Kier alpha value is -1.89. The van der Waals surface area contributed by atoms with Gasteiger partial charge in [0.25, 0.3) is 0 Å². The average molecular weight is 262 g/mol. The van der Waals surface area contributed by atoms with Crippen LogP contribution in [0.15, 0.2) is 6.33 Å². The van der Waals surface area contributed by atoms with E-state index < -0.39 is 0 Å². The molecule has 102 valence electrons. The van der Waals surface area contributed by atoms with Gasteiger partial charge in [-0.25, -0.2) is 4.98 Å². The molecule has 7 heteroatoms. The third kappa shape index (κ3) is 2.10. The van der Waals surface area contributed by atoms with Crippen LogP contribution in [0.25, 0.3) is 11.2 Å². The molecule has 0 aromatic carbocycles. The molecule has 0 bridgehead atoms. The van der Waals surface area contributed by atoms with E-state index in [1.165, 1.54) is 0 Å². The molecule has 2 aromatic rings. The zero-order valence-electron chi connectivity index (χ0n) is 10.9. The minimum absolute atomic E-state index is 0.0644. The Morgan fingerprint density at radius 1 is 1.37 bits per heavy atom. The average Bonchev–Trinajstić information content (AvgIpc) is 2.85. The predicted molar refractivity (Wildman–Crippen MR) is 72.8 cm³/mol. The Morgan fingerprint density at radius 2 is 2.16 bits per heavy atom. The smallest absolute Gasteiger partial charge is 0.224 e. The van der Waals surface area contributed by atoms with Crippen molar-refractivity contribution >= 4 is 22.9 Å². The number of nitrogens with two attached hydrogens (primary N) is 1. The van der Waals surface area contributed by atoms with E-state index in [9.17, 15) is 5.11 Å². The van der Waals surface area contributed by atoms with Crippen molar-refractivity contribution in [1.29, 1.82) is 0 Å². The highest BCUT2D eigenvalue weighted by Crippen LogP contribution is 2.28. The van der Waals surface area contributed by atoms with Crippen molar-refractivity contribution < 1.29 is 5.11 Å². The van der Waals surface area contributed by atoms with Crippen LogP contribution in [0.4, 0.5) is 11.8 Å². The van der Waals surface area contributed by atoms with E-state index >= 15 is 0 Å². The molecule has 0 spiro atoms. The second-order valence-electron chi connectivity index (χ2n) is 5.04. The Morgan fingerprint density at radius 3 is 2.95 bits per heavy atom. The number of aromatic amines is 1. The van der Waals surface area contributed by atoms with Gasteiger partial charge in [0.2, 0.25) is 5.95 Å². The first kappa shape index (κ1) is 12.2. The number of aliphatic hydroxyl groups excluding tert-OH is 1. The lowest BCUT2D eigenvalue weighted by atomic mass is 9.91. The van der Waals surface area contributed by atoms with Gasteiger partial charge in [-0.2, -0.15) is 9.97 Å². The van der Waals surface area contributed by atoms with Crippen LogP contribution < -0.4 is 10.6 Å². The summed E-state index contributed by atoms with van der Waals surface area (Å²) in [6, 6.07) is 0.0644. The van der Waals surface area contributed by atoms with E-state index in [1.807, 2.05) is 11.9 Å². The summed E-state index contributed by atoms with van der Waals surface area (Å²) in [5.74, 6) is 0.901. The fourth-order valence-corrected chi connectivity index (χ4v) is 2.79. The molecule has 2 atom stereocenters. The summed E-state index contributed by atoms with van der Waals surface area (Å²) in [5.41, 5.74) is 7.03. The molecular formula is C12H18N6O. The second-order valence-corrected chi connectivity index (χ2v) is 5.04. The summed E-state index contributed by atoms with van der Waals surface area (Å²) in [4.78, 5) is 17.5. The SMILES string of the molecule is CN(c1nc(N)nc2nc[nH]c12)C1CCCCC1O. The molecule has 0 saturated heterocycles. The Kier molecular flexibility index (Phi) is 2.98. The number of imidazole rings is 1. The fraction of sp³-hybridized carbons (Fsp3) is 0.583. The molecule has 0 radical (unpaired) electrons. The van der Waals surface area contributed by atoms with Gasteiger partial charge in [-0.05, 0) is 12.8 Å². The number of fused-ring (bicyclic) bond motifs is 1. The molecule has 4 N–H and O–H groups in total. The van der Waals surface area contributed by atoms with Gasteiger partial charge in [-0.1, -0.05) is 12.8 Å². The molecule has 2 heterocycles. The van der Waals surface area contributed by atoms with Gasteiger partial charge >= 0.3 is 0 Å². The Labute approximate surface area is 110 Å². The van der Waals surface area contributed by atoms with Crippen LogP contribution in [0, 0.1) is 0 Å². The highest BCUT2D eigenvalue weighted by molar-refractivity contribution is 5.84. The molecule has 0 amide bonds. The molecule has 2 unspecified atom stereocenters. The van der Waals surface area contributed by atoms with Crippen molar-refractivity contribution in [3.63, 3.8) is 0 Å². The molecule has 1 aliphatic rings. The summed E-state index contributed by atoms with van der Waals surface area (Å²) in [6.07, 6.45) is 5.25. The summed E-state index contributed by atoms with van der Waals surface area (Å²) < 4.78 is 0. The minimum atomic E-state index is -0.326. The quantitative estimate of drug-likeness (QED) is 0.735. The highest BCUT2D eigenvalue weighted by atomic mass is 16.3. The third-order valence-electron chi connectivity index (χ3n) is 3.81. The molecule has 1 fully saturated rings. The Balaban J connectivity index is 2.00. The third-order valence-corrected chi connectivity index (χ3v) is 3.81. The van der Waals surface area contributed by atoms with Crippen molar-refractivity contribution in [1.82, 2.24) is 19.9 Å². The van der Waals surface area contributed by atoms with Crippen LogP contribution in [0.2, 0.25) is 0 Å². The fourth-order valence-electron chi connectivity index (χ4n) is 2.79.